The highest BCUT2D eigenvalue weighted by Gasteiger charge is 2.32. The van der Waals surface area contributed by atoms with E-state index in [2.05, 4.69) is 10.6 Å². The average molecular weight is 446 g/mol. The fourth-order valence-electron chi connectivity index (χ4n) is 3.56. The van der Waals surface area contributed by atoms with Crippen molar-refractivity contribution in [1.29, 1.82) is 0 Å². The lowest BCUT2D eigenvalue weighted by molar-refractivity contribution is -0.128. The molecule has 0 aromatic heterocycles. The molecule has 1 aliphatic heterocycles. The molecule has 0 unspecified atom stereocenters. The predicted octanol–water partition coefficient (Wildman–Crippen LogP) is 4.67. The van der Waals surface area contributed by atoms with Gasteiger partial charge < -0.3 is 15.5 Å². The van der Waals surface area contributed by atoms with Gasteiger partial charge in [0.25, 0.3) is 5.91 Å². The van der Waals surface area contributed by atoms with Gasteiger partial charge in [-0.05, 0) is 41.5 Å². The first kappa shape index (κ1) is 21.6. The Bertz CT molecular complexity index is 1130. The van der Waals surface area contributed by atoms with Crippen LogP contribution in [0.5, 0.6) is 0 Å². The molecule has 1 atom stereocenters. The normalized spacial score (nSPS) is 15.5. The van der Waals surface area contributed by atoms with Crippen LogP contribution in [0, 0.1) is 0 Å². The Kier molecular flexibility index (Phi) is 6.56. The van der Waals surface area contributed by atoms with E-state index in [1.165, 1.54) is 6.92 Å². The average Bonchev–Trinajstić information content (AvgIpc) is 3.14. The number of thioether (sulfide) groups is 1. The van der Waals surface area contributed by atoms with E-state index in [1.54, 1.807) is 48.2 Å². The van der Waals surface area contributed by atoms with E-state index >= 15 is 0 Å². The largest absolute Gasteiger partial charge is 0.326 e. The Balaban J connectivity index is 1.45. The van der Waals surface area contributed by atoms with E-state index in [4.69, 9.17) is 0 Å². The van der Waals surface area contributed by atoms with Gasteiger partial charge in [-0.25, -0.2) is 0 Å². The maximum Gasteiger partial charge on any atom is 0.255 e. The molecule has 3 aromatic rings. The van der Waals surface area contributed by atoms with Gasteiger partial charge in [0.1, 0.15) is 5.37 Å². The standard InChI is InChI=1S/C25H23N3O3S/c1-17(29)26-21-8-5-9-22(14-21)27-24(31)19-10-12-20(13-11-19)25-28(23(30)16-32-25)15-18-6-3-2-4-7-18/h2-14,25H,15-16H2,1H3,(H,26,29)(H,27,31)/t25-/m1/s1. The van der Waals surface area contributed by atoms with Gasteiger partial charge in [0.2, 0.25) is 11.8 Å². The summed E-state index contributed by atoms with van der Waals surface area (Å²) in [6, 6.07) is 24.3. The van der Waals surface area contributed by atoms with Crippen LogP contribution in [0.15, 0.2) is 78.9 Å². The van der Waals surface area contributed by atoms with Crippen LogP contribution in [0.1, 0.15) is 33.8 Å². The molecule has 7 heteroatoms. The first-order valence-electron chi connectivity index (χ1n) is 10.2. The second-order valence-electron chi connectivity index (χ2n) is 7.51. The second kappa shape index (κ2) is 9.70. The Labute approximate surface area is 191 Å². The summed E-state index contributed by atoms with van der Waals surface area (Å²) >= 11 is 1.60. The zero-order chi connectivity index (χ0) is 22.5. The minimum absolute atomic E-state index is 0.0749. The SMILES string of the molecule is CC(=O)Nc1cccc(NC(=O)c2ccc([C@H]3SCC(=O)N3Cc3ccccc3)cc2)c1. The number of anilines is 2. The van der Waals surface area contributed by atoms with Gasteiger partial charge in [-0.3, -0.25) is 14.4 Å². The number of benzene rings is 3. The van der Waals surface area contributed by atoms with E-state index in [1.807, 2.05) is 47.4 Å². The van der Waals surface area contributed by atoms with E-state index < -0.39 is 0 Å². The Morgan fingerprint density at radius 2 is 1.62 bits per heavy atom. The van der Waals surface area contributed by atoms with Gasteiger partial charge in [0, 0.05) is 30.4 Å². The van der Waals surface area contributed by atoms with Crippen molar-refractivity contribution in [3.8, 4) is 0 Å². The molecule has 32 heavy (non-hydrogen) atoms. The van der Waals surface area contributed by atoms with Crippen LogP contribution in [-0.4, -0.2) is 28.4 Å². The lowest BCUT2D eigenvalue weighted by Gasteiger charge is -2.24. The van der Waals surface area contributed by atoms with Crippen LogP contribution in [0.4, 0.5) is 11.4 Å². The van der Waals surface area contributed by atoms with E-state index in [9.17, 15) is 14.4 Å². The molecule has 0 bridgehead atoms. The molecule has 4 rings (SSSR count). The molecular formula is C25H23N3O3S. The molecular weight excluding hydrogens is 422 g/mol. The summed E-state index contributed by atoms with van der Waals surface area (Å²) in [5, 5.41) is 5.47. The molecule has 0 spiro atoms. The lowest BCUT2D eigenvalue weighted by Crippen LogP contribution is -2.27. The van der Waals surface area contributed by atoms with Gasteiger partial charge in [0.15, 0.2) is 0 Å². The molecule has 1 saturated heterocycles. The lowest BCUT2D eigenvalue weighted by atomic mass is 10.1. The maximum atomic E-state index is 12.7. The molecule has 1 heterocycles. The Morgan fingerprint density at radius 1 is 0.938 bits per heavy atom. The highest BCUT2D eigenvalue weighted by atomic mass is 32.2. The van der Waals surface area contributed by atoms with Gasteiger partial charge >= 0.3 is 0 Å². The van der Waals surface area contributed by atoms with E-state index in [0.717, 1.165) is 11.1 Å². The van der Waals surface area contributed by atoms with Crippen molar-refractivity contribution in [2.45, 2.75) is 18.8 Å². The Hall–Kier alpha value is -3.58. The van der Waals surface area contributed by atoms with Crippen molar-refractivity contribution in [3.63, 3.8) is 0 Å². The van der Waals surface area contributed by atoms with E-state index in [0.29, 0.717) is 29.2 Å². The first-order valence-corrected chi connectivity index (χ1v) is 11.3. The third-order valence-electron chi connectivity index (χ3n) is 5.06. The fraction of sp³-hybridized carbons (Fsp3) is 0.160. The van der Waals surface area contributed by atoms with Gasteiger partial charge in [-0.15, -0.1) is 11.8 Å². The van der Waals surface area contributed by atoms with Crippen molar-refractivity contribution >= 4 is 40.9 Å². The monoisotopic (exact) mass is 445 g/mol. The summed E-state index contributed by atoms with van der Waals surface area (Å²) in [6.45, 7) is 1.99. The number of hydrogen-bond donors (Lipinski definition) is 2. The van der Waals surface area contributed by atoms with Crippen LogP contribution in [0.25, 0.3) is 0 Å². The molecule has 1 fully saturated rings. The smallest absolute Gasteiger partial charge is 0.255 e. The van der Waals surface area contributed by atoms with Crippen LogP contribution in [0.3, 0.4) is 0 Å². The highest BCUT2D eigenvalue weighted by Crippen LogP contribution is 2.39. The van der Waals surface area contributed by atoms with Crippen LogP contribution in [-0.2, 0) is 16.1 Å². The minimum Gasteiger partial charge on any atom is -0.326 e. The minimum atomic E-state index is -0.243. The molecule has 162 valence electrons. The second-order valence-corrected chi connectivity index (χ2v) is 8.58. The van der Waals surface area contributed by atoms with Crippen LogP contribution < -0.4 is 10.6 Å². The number of nitrogens with one attached hydrogen (secondary N) is 2. The summed E-state index contributed by atoms with van der Waals surface area (Å²) in [7, 11) is 0. The molecule has 6 nitrogen and oxygen atoms in total. The maximum absolute atomic E-state index is 12.7. The number of hydrogen-bond acceptors (Lipinski definition) is 4. The number of rotatable bonds is 6. The van der Waals surface area contributed by atoms with Crippen LogP contribution >= 0.6 is 11.8 Å². The zero-order valence-corrected chi connectivity index (χ0v) is 18.4. The summed E-state index contributed by atoms with van der Waals surface area (Å²) in [6.07, 6.45) is 0. The third-order valence-corrected chi connectivity index (χ3v) is 6.32. The number of carbonyl (C=O) groups excluding carboxylic acids is 3. The zero-order valence-electron chi connectivity index (χ0n) is 17.6. The molecule has 2 N–H and O–H groups in total. The van der Waals surface area contributed by atoms with Crippen molar-refractivity contribution in [2.75, 3.05) is 16.4 Å². The molecule has 3 amide bonds. The van der Waals surface area contributed by atoms with Crippen molar-refractivity contribution in [2.24, 2.45) is 0 Å². The van der Waals surface area contributed by atoms with Crippen molar-refractivity contribution in [1.82, 2.24) is 4.90 Å². The molecule has 0 aliphatic carbocycles. The summed E-state index contributed by atoms with van der Waals surface area (Å²) in [5.74, 6) is 0.149. The number of carbonyl (C=O) groups is 3. The highest BCUT2D eigenvalue weighted by molar-refractivity contribution is 8.00. The van der Waals surface area contributed by atoms with Gasteiger partial charge in [0.05, 0.1) is 5.75 Å². The summed E-state index contributed by atoms with van der Waals surface area (Å²) in [5.41, 5.74) is 3.80. The van der Waals surface area contributed by atoms with Crippen molar-refractivity contribution < 1.29 is 14.4 Å². The number of amides is 3. The quantitative estimate of drug-likeness (QED) is 0.578. The van der Waals surface area contributed by atoms with Crippen LogP contribution in [0.2, 0.25) is 0 Å². The third kappa shape index (κ3) is 5.18. The fourth-order valence-corrected chi connectivity index (χ4v) is 4.75. The van der Waals surface area contributed by atoms with E-state index in [-0.39, 0.29) is 23.1 Å². The molecule has 1 aliphatic rings. The molecule has 3 aromatic carbocycles. The predicted molar refractivity (Wildman–Crippen MR) is 127 cm³/mol. The van der Waals surface area contributed by atoms with Crippen molar-refractivity contribution in [3.05, 3.63) is 95.6 Å². The molecule has 0 saturated carbocycles. The first-order chi connectivity index (χ1) is 15.5. The van der Waals surface area contributed by atoms with Gasteiger partial charge in [-0.1, -0.05) is 48.5 Å². The summed E-state index contributed by atoms with van der Waals surface area (Å²) < 4.78 is 0. The topological polar surface area (TPSA) is 78.5 Å². The Morgan fingerprint density at radius 3 is 2.31 bits per heavy atom. The molecule has 0 radical (unpaired) electrons. The number of nitrogens with zero attached hydrogens (tertiary/aromatic N) is 1. The summed E-state index contributed by atoms with van der Waals surface area (Å²) in [4.78, 5) is 38.2. The van der Waals surface area contributed by atoms with Gasteiger partial charge in [-0.2, -0.15) is 0 Å².